The number of pyridine rings is 2. The molecule has 2 bridgehead atoms. The van der Waals surface area contributed by atoms with Crippen LogP contribution in [0.15, 0.2) is 67.9 Å². The Morgan fingerprint density at radius 2 is 2.02 bits per heavy atom. The number of amides is 1. The van der Waals surface area contributed by atoms with E-state index >= 15 is 4.39 Å². The second-order valence-electron chi connectivity index (χ2n) is 11.0. The number of aromatic nitrogens is 6. The summed E-state index contributed by atoms with van der Waals surface area (Å²) in [5, 5.41) is 7.22. The van der Waals surface area contributed by atoms with Gasteiger partial charge in [-0.25, -0.2) is 28.8 Å². The molecule has 0 unspecified atom stereocenters. The number of halogens is 1. The van der Waals surface area contributed by atoms with Crippen molar-refractivity contribution >= 4 is 34.1 Å². The molecule has 2 saturated heterocycles. The quantitative estimate of drug-likeness (QED) is 0.261. The third kappa shape index (κ3) is 4.70. The number of rotatable bonds is 6. The second kappa shape index (κ2) is 10.5. The van der Waals surface area contributed by atoms with Gasteiger partial charge in [0.1, 0.15) is 29.7 Å². The topological polar surface area (TPSA) is 110 Å². The smallest absolute Gasteiger partial charge is 0.246 e. The minimum atomic E-state index is -0.453. The average molecular weight is 565 g/mol. The van der Waals surface area contributed by atoms with E-state index < -0.39 is 5.82 Å². The molecule has 5 aromatic rings. The Morgan fingerprint density at radius 1 is 1.12 bits per heavy atom. The third-order valence-corrected chi connectivity index (χ3v) is 8.43. The van der Waals surface area contributed by atoms with Crippen molar-refractivity contribution in [3.05, 3.63) is 85.0 Å². The van der Waals surface area contributed by atoms with E-state index in [1.807, 2.05) is 17.0 Å². The summed E-state index contributed by atoms with van der Waals surface area (Å²) in [7, 11) is 0. The van der Waals surface area contributed by atoms with Gasteiger partial charge in [-0.05, 0) is 74.9 Å². The van der Waals surface area contributed by atoms with Gasteiger partial charge in [0.25, 0.3) is 0 Å². The van der Waals surface area contributed by atoms with Crippen molar-refractivity contribution in [1.29, 1.82) is 0 Å². The van der Waals surface area contributed by atoms with E-state index in [4.69, 9.17) is 9.72 Å². The Labute approximate surface area is 241 Å². The molecule has 8 rings (SSSR count). The molecule has 6 heterocycles. The highest BCUT2D eigenvalue weighted by molar-refractivity contribution is 5.88. The van der Waals surface area contributed by atoms with Crippen LogP contribution < -0.4 is 10.1 Å². The van der Waals surface area contributed by atoms with E-state index in [2.05, 4.69) is 31.9 Å². The number of anilines is 2. The minimum absolute atomic E-state index is 0.00170. The predicted molar refractivity (Wildman–Crippen MR) is 155 cm³/mol. The Kier molecular flexibility index (Phi) is 6.49. The second-order valence-corrected chi connectivity index (χ2v) is 11.0. The van der Waals surface area contributed by atoms with Gasteiger partial charge < -0.3 is 15.0 Å². The molecule has 3 atom stereocenters. The molecule has 11 heteroatoms. The number of hydrogen-bond donors (Lipinski definition) is 1. The molecule has 212 valence electrons. The first-order chi connectivity index (χ1) is 20.5. The van der Waals surface area contributed by atoms with Gasteiger partial charge in [0.05, 0.1) is 11.2 Å². The molecule has 1 saturated carbocycles. The summed E-state index contributed by atoms with van der Waals surface area (Å²) in [6.07, 6.45) is 9.97. The van der Waals surface area contributed by atoms with Crippen molar-refractivity contribution in [2.75, 3.05) is 11.9 Å². The van der Waals surface area contributed by atoms with Crippen LogP contribution in [0.4, 0.5) is 15.9 Å². The molecule has 0 radical (unpaired) electrons. The fourth-order valence-electron chi connectivity index (χ4n) is 6.26. The maximum Gasteiger partial charge on any atom is 0.246 e. The zero-order valence-corrected chi connectivity index (χ0v) is 23.1. The van der Waals surface area contributed by atoms with Crippen molar-refractivity contribution in [1.82, 2.24) is 34.4 Å². The van der Waals surface area contributed by atoms with Crippen LogP contribution in [0.3, 0.4) is 0 Å². The van der Waals surface area contributed by atoms with E-state index in [9.17, 15) is 4.79 Å². The Hall–Kier alpha value is -4.93. The van der Waals surface area contributed by atoms with Crippen LogP contribution in [0.25, 0.3) is 16.7 Å². The Morgan fingerprint density at radius 3 is 2.90 bits per heavy atom. The van der Waals surface area contributed by atoms with E-state index in [0.29, 0.717) is 45.5 Å². The number of ether oxygens (including phenoxy) is 1. The number of hydrogen-bond acceptors (Lipinski definition) is 8. The van der Waals surface area contributed by atoms with Gasteiger partial charge >= 0.3 is 0 Å². The molecule has 2 aliphatic heterocycles. The van der Waals surface area contributed by atoms with Gasteiger partial charge in [-0.15, -0.1) is 0 Å². The third-order valence-electron chi connectivity index (χ3n) is 8.43. The lowest BCUT2D eigenvalue weighted by Crippen LogP contribution is -2.44. The first-order valence-corrected chi connectivity index (χ1v) is 14.0. The number of nitrogens with one attached hydrogen (secondary N) is 1. The molecular weight excluding hydrogens is 535 g/mol. The highest BCUT2D eigenvalue weighted by atomic mass is 19.1. The molecule has 1 amide bonds. The van der Waals surface area contributed by atoms with E-state index in [1.165, 1.54) is 18.7 Å². The van der Waals surface area contributed by atoms with Gasteiger partial charge in [-0.3, -0.25) is 4.79 Å². The molecule has 1 aliphatic carbocycles. The summed E-state index contributed by atoms with van der Waals surface area (Å²) >= 11 is 0. The molecule has 1 N–H and O–H groups in total. The molecular formula is C31H29FN8O2. The summed E-state index contributed by atoms with van der Waals surface area (Å²) < 4.78 is 23.2. The summed E-state index contributed by atoms with van der Waals surface area (Å²) in [5.41, 5.74) is 3.41. The normalized spacial score (nSPS) is 20.0. The molecule has 3 fully saturated rings. The van der Waals surface area contributed by atoms with Crippen molar-refractivity contribution in [3.8, 4) is 11.5 Å². The van der Waals surface area contributed by atoms with Crippen molar-refractivity contribution < 1.29 is 13.9 Å². The monoisotopic (exact) mass is 564 g/mol. The highest BCUT2D eigenvalue weighted by Crippen LogP contribution is 2.41. The Bertz CT molecular complexity index is 1840. The van der Waals surface area contributed by atoms with E-state index in [1.54, 1.807) is 41.9 Å². The number of piperidine rings is 1. The summed E-state index contributed by atoms with van der Waals surface area (Å²) in [6.45, 7) is 6.12. The fourth-order valence-corrected chi connectivity index (χ4v) is 6.26. The molecule has 10 nitrogen and oxygen atoms in total. The fraction of sp³-hybridized carbons (Fsp3) is 0.290. The largest absolute Gasteiger partial charge is 0.457 e. The Balaban J connectivity index is 1.15. The number of nitrogens with zero attached hydrogens (tertiary/aromatic N) is 7. The number of benzene rings is 1. The zero-order valence-electron chi connectivity index (χ0n) is 23.1. The van der Waals surface area contributed by atoms with Gasteiger partial charge in [0, 0.05) is 42.0 Å². The molecule has 42 heavy (non-hydrogen) atoms. The zero-order chi connectivity index (χ0) is 28.8. The number of carbonyl (C=O) groups excluding carboxylic acids is 1. The maximum atomic E-state index is 15.6. The van der Waals surface area contributed by atoms with Gasteiger partial charge in [0.2, 0.25) is 5.91 Å². The predicted octanol–water partition coefficient (Wildman–Crippen LogP) is 5.72. The molecule has 4 aromatic heterocycles. The van der Waals surface area contributed by atoms with Crippen LogP contribution >= 0.6 is 0 Å². The van der Waals surface area contributed by atoms with Crippen LogP contribution in [-0.4, -0.2) is 52.9 Å². The SMILES string of the molecule is C=CC(=O)N1C[C@@H]2CC[C@@H]1C[C@@H](c1ccc3ncnc(Nc4ccc(Oc5ccn6ncnc6c5)c(C)c4F)c3n1)C2. The van der Waals surface area contributed by atoms with Crippen molar-refractivity contribution in [2.24, 2.45) is 5.92 Å². The van der Waals surface area contributed by atoms with Gasteiger partial charge in [-0.1, -0.05) is 6.58 Å². The summed E-state index contributed by atoms with van der Waals surface area (Å²) in [6, 6.07) is 11.0. The van der Waals surface area contributed by atoms with Crippen LogP contribution in [0, 0.1) is 18.7 Å². The van der Waals surface area contributed by atoms with Crippen molar-refractivity contribution in [2.45, 2.75) is 44.6 Å². The molecule has 1 aromatic carbocycles. The van der Waals surface area contributed by atoms with Gasteiger partial charge in [0.15, 0.2) is 17.3 Å². The van der Waals surface area contributed by atoms with Crippen LogP contribution in [0.5, 0.6) is 11.5 Å². The van der Waals surface area contributed by atoms with Gasteiger partial charge in [-0.2, -0.15) is 5.10 Å². The average Bonchev–Trinajstić information content (AvgIpc) is 3.28. The summed E-state index contributed by atoms with van der Waals surface area (Å²) in [4.78, 5) is 32.4. The first-order valence-electron chi connectivity index (χ1n) is 14.0. The number of fused-ring (bicyclic) bond motifs is 6. The highest BCUT2D eigenvalue weighted by Gasteiger charge is 2.38. The van der Waals surface area contributed by atoms with E-state index in [-0.39, 0.29) is 23.6 Å². The van der Waals surface area contributed by atoms with Crippen LogP contribution in [0.2, 0.25) is 0 Å². The maximum absolute atomic E-state index is 15.6. The molecule has 3 aliphatic rings. The standard InChI is InChI=1S/C31H29FN8O2/c1-3-28(41)39-15-19-4-5-21(39)13-20(12-19)23-6-7-25-30(37-23)31(35-16-33-25)38-24-8-9-26(18(2)29(24)32)42-22-10-11-40-27(14-22)34-17-36-40/h3,6-11,14,16-17,19-21H,1,4-5,12-13,15H2,2H3,(H,33,35,38)/t19-,20+,21-/m1/s1. The van der Waals surface area contributed by atoms with Crippen molar-refractivity contribution in [3.63, 3.8) is 0 Å². The lowest BCUT2D eigenvalue weighted by molar-refractivity contribution is -0.130. The van der Waals surface area contributed by atoms with E-state index in [0.717, 1.165) is 37.9 Å². The number of carbonyl (C=O) groups is 1. The lowest BCUT2D eigenvalue weighted by atomic mass is 9.91. The van der Waals surface area contributed by atoms with Crippen LogP contribution in [0.1, 0.15) is 42.9 Å². The first kappa shape index (κ1) is 26.0. The minimum Gasteiger partial charge on any atom is -0.457 e. The lowest BCUT2D eigenvalue weighted by Gasteiger charge is -2.36. The summed E-state index contributed by atoms with van der Waals surface area (Å²) in [5.74, 6) is 1.52. The molecule has 0 spiro atoms. The van der Waals surface area contributed by atoms with Crippen LogP contribution in [-0.2, 0) is 4.79 Å².